The minimum absolute atomic E-state index is 0.110. The van der Waals surface area contributed by atoms with E-state index in [9.17, 15) is 9.59 Å². The number of carbonyl (C=O) groups excluding carboxylic acids is 2. The number of H-pyrrole nitrogens is 1. The monoisotopic (exact) mass is 512 g/mol. The van der Waals surface area contributed by atoms with Crippen molar-refractivity contribution in [3.05, 3.63) is 69.3 Å². The van der Waals surface area contributed by atoms with Gasteiger partial charge in [0.1, 0.15) is 6.04 Å². The summed E-state index contributed by atoms with van der Waals surface area (Å²) >= 11 is 3.57. The van der Waals surface area contributed by atoms with Crippen molar-refractivity contribution in [2.24, 2.45) is 0 Å². The van der Waals surface area contributed by atoms with Crippen molar-refractivity contribution >= 4 is 38.8 Å². The molecule has 7 nitrogen and oxygen atoms in total. The maximum atomic E-state index is 12.8. The van der Waals surface area contributed by atoms with Crippen molar-refractivity contribution in [3.63, 3.8) is 0 Å². The maximum Gasteiger partial charge on any atom is 0.410 e. The summed E-state index contributed by atoms with van der Waals surface area (Å²) in [6.07, 6.45) is 0.408. The van der Waals surface area contributed by atoms with Gasteiger partial charge in [0.2, 0.25) is 0 Å². The second-order valence-electron chi connectivity index (χ2n) is 7.98. The van der Waals surface area contributed by atoms with Crippen LogP contribution in [-0.4, -0.2) is 54.7 Å². The van der Waals surface area contributed by atoms with Crippen molar-refractivity contribution < 1.29 is 14.3 Å². The van der Waals surface area contributed by atoms with Crippen molar-refractivity contribution in [1.29, 1.82) is 0 Å². The Labute approximate surface area is 202 Å². The summed E-state index contributed by atoms with van der Waals surface area (Å²) in [6.45, 7) is 6.89. The standard InChI is InChI=1S/C25H29BrN4O3/c1-3-27-12-13-28-24(31)17-7-5-16(6-8-17)23-22-19(11-14-30(23)25(32)33-4-2)20-15-18(26)9-10-21(20)29-22/h5-10,15,23,27,29H,3-4,11-14H2,1-2H3,(H,28,31). The number of aromatic nitrogens is 1. The lowest BCUT2D eigenvalue weighted by atomic mass is 9.92. The number of likely N-dealkylation sites (N-methyl/N-ethyl adjacent to an activating group) is 1. The Kier molecular flexibility index (Phi) is 7.35. The highest BCUT2D eigenvalue weighted by atomic mass is 79.9. The van der Waals surface area contributed by atoms with Crippen molar-refractivity contribution in [2.75, 3.05) is 32.8 Å². The van der Waals surface area contributed by atoms with Crippen molar-refractivity contribution in [2.45, 2.75) is 26.3 Å². The lowest BCUT2D eigenvalue weighted by Crippen LogP contribution is -2.41. The number of benzene rings is 2. The summed E-state index contributed by atoms with van der Waals surface area (Å²) in [7, 11) is 0. The minimum atomic E-state index is -0.335. The molecule has 8 heteroatoms. The summed E-state index contributed by atoms with van der Waals surface area (Å²) in [5, 5.41) is 7.26. The number of amides is 2. The molecule has 1 aromatic heterocycles. The first-order valence-electron chi connectivity index (χ1n) is 11.4. The molecule has 3 N–H and O–H groups in total. The van der Waals surface area contributed by atoms with Crippen LogP contribution >= 0.6 is 15.9 Å². The smallest absolute Gasteiger partial charge is 0.410 e. The molecule has 1 aliphatic heterocycles. The van der Waals surface area contributed by atoms with Crippen molar-refractivity contribution in [1.82, 2.24) is 20.5 Å². The number of hydrogen-bond acceptors (Lipinski definition) is 4. The Hall–Kier alpha value is -2.84. The molecule has 1 atom stereocenters. The van der Waals surface area contributed by atoms with Crippen LogP contribution < -0.4 is 10.6 Å². The zero-order valence-corrected chi connectivity index (χ0v) is 20.5. The number of ether oxygens (including phenoxy) is 1. The van der Waals surface area contributed by atoms with E-state index in [2.05, 4.69) is 37.6 Å². The highest BCUT2D eigenvalue weighted by Gasteiger charge is 2.35. The molecular formula is C25H29BrN4O3. The van der Waals surface area contributed by atoms with Gasteiger partial charge >= 0.3 is 6.09 Å². The van der Waals surface area contributed by atoms with Crippen LogP contribution in [0.3, 0.4) is 0 Å². The van der Waals surface area contributed by atoms with Gasteiger partial charge < -0.3 is 20.4 Å². The molecule has 4 rings (SSSR count). The number of aromatic amines is 1. The first-order chi connectivity index (χ1) is 16.0. The molecular weight excluding hydrogens is 484 g/mol. The van der Waals surface area contributed by atoms with Gasteiger partial charge in [0.15, 0.2) is 0 Å². The third-order valence-corrected chi connectivity index (χ3v) is 6.41. The van der Waals surface area contributed by atoms with Gasteiger partial charge in [0, 0.05) is 46.3 Å². The third-order valence-electron chi connectivity index (χ3n) is 5.92. The van der Waals surface area contributed by atoms with Gasteiger partial charge in [-0.15, -0.1) is 0 Å². The van der Waals surface area contributed by atoms with Gasteiger partial charge in [-0.05, 0) is 61.3 Å². The van der Waals surface area contributed by atoms with Crippen LogP contribution in [0.15, 0.2) is 46.9 Å². The van der Waals surface area contributed by atoms with Crippen LogP contribution in [0.2, 0.25) is 0 Å². The molecule has 0 fully saturated rings. The minimum Gasteiger partial charge on any atom is -0.450 e. The average molecular weight is 513 g/mol. The molecule has 0 saturated carbocycles. The Morgan fingerprint density at radius 3 is 2.67 bits per heavy atom. The first-order valence-corrected chi connectivity index (χ1v) is 12.1. The quantitative estimate of drug-likeness (QED) is 0.410. The molecule has 1 aliphatic rings. The lowest BCUT2D eigenvalue weighted by molar-refractivity contribution is 0.0926. The number of fused-ring (bicyclic) bond motifs is 3. The van der Waals surface area contributed by atoms with E-state index >= 15 is 0 Å². The number of nitrogens with zero attached hydrogens (tertiary/aromatic N) is 1. The molecule has 0 spiro atoms. The van der Waals surface area contributed by atoms with Gasteiger partial charge in [-0.3, -0.25) is 9.69 Å². The summed E-state index contributed by atoms with van der Waals surface area (Å²) in [4.78, 5) is 30.6. The number of hydrogen-bond donors (Lipinski definition) is 3. The molecule has 2 amide bonds. The third kappa shape index (κ3) is 4.91. The van der Waals surface area contributed by atoms with E-state index in [-0.39, 0.29) is 18.0 Å². The van der Waals surface area contributed by atoms with Crippen LogP contribution in [-0.2, 0) is 11.2 Å². The van der Waals surface area contributed by atoms with E-state index < -0.39 is 0 Å². The molecule has 174 valence electrons. The zero-order valence-electron chi connectivity index (χ0n) is 18.9. The highest BCUT2D eigenvalue weighted by molar-refractivity contribution is 9.10. The average Bonchev–Trinajstić information content (AvgIpc) is 3.19. The van der Waals surface area contributed by atoms with E-state index in [1.54, 1.807) is 4.90 Å². The Balaban J connectivity index is 1.66. The van der Waals surface area contributed by atoms with Crippen LogP contribution in [0.1, 0.15) is 47.1 Å². The predicted octanol–water partition coefficient (Wildman–Crippen LogP) is 4.37. The summed E-state index contributed by atoms with van der Waals surface area (Å²) in [6, 6.07) is 13.3. The predicted molar refractivity (Wildman–Crippen MR) is 133 cm³/mol. The molecule has 0 aliphatic carbocycles. The van der Waals surface area contributed by atoms with Gasteiger partial charge in [0.05, 0.1) is 6.61 Å². The molecule has 3 aromatic rings. The SMILES string of the molecule is CCNCCNC(=O)c1ccc(C2c3[nH]c4ccc(Br)cc4c3CCN2C(=O)OCC)cc1. The molecule has 2 heterocycles. The Morgan fingerprint density at radius 1 is 1.15 bits per heavy atom. The molecule has 2 aromatic carbocycles. The van der Waals surface area contributed by atoms with E-state index in [0.29, 0.717) is 25.3 Å². The topological polar surface area (TPSA) is 86.5 Å². The Bertz CT molecular complexity index is 1140. The summed E-state index contributed by atoms with van der Waals surface area (Å²) in [5.74, 6) is -0.110. The maximum absolute atomic E-state index is 12.8. The fourth-order valence-electron chi connectivity index (χ4n) is 4.37. The second-order valence-corrected chi connectivity index (χ2v) is 8.90. The van der Waals surface area contributed by atoms with E-state index in [1.807, 2.05) is 50.2 Å². The fourth-order valence-corrected chi connectivity index (χ4v) is 4.73. The fraction of sp³-hybridized carbons (Fsp3) is 0.360. The summed E-state index contributed by atoms with van der Waals surface area (Å²) in [5.41, 5.74) is 4.76. The first kappa shape index (κ1) is 23.3. The van der Waals surface area contributed by atoms with Gasteiger partial charge in [-0.25, -0.2) is 4.79 Å². The van der Waals surface area contributed by atoms with Gasteiger partial charge in [-0.1, -0.05) is 35.0 Å². The normalized spacial score (nSPS) is 15.4. The zero-order chi connectivity index (χ0) is 23.4. The van der Waals surface area contributed by atoms with Gasteiger partial charge in [-0.2, -0.15) is 0 Å². The Morgan fingerprint density at radius 2 is 1.94 bits per heavy atom. The number of carbonyl (C=O) groups is 2. The number of nitrogens with one attached hydrogen (secondary N) is 3. The van der Waals surface area contributed by atoms with Crippen LogP contribution in [0.25, 0.3) is 10.9 Å². The van der Waals surface area contributed by atoms with Crippen LogP contribution in [0.5, 0.6) is 0 Å². The van der Waals surface area contributed by atoms with Crippen molar-refractivity contribution in [3.8, 4) is 0 Å². The number of rotatable bonds is 7. The molecule has 33 heavy (non-hydrogen) atoms. The van der Waals surface area contributed by atoms with Crippen LogP contribution in [0, 0.1) is 0 Å². The summed E-state index contributed by atoms with van der Waals surface area (Å²) < 4.78 is 6.38. The second kappa shape index (κ2) is 10.4. The molecule has 0 saturated heterocycles. The largest absolute Gasteiger partial charge is 0.450 e. The van der Waals surface area contributed by atoms with E-state index in [4.69, 9.17) is 4.74 Å². The lowest BCUT2D eigenvalue weighted by Gasteiger charge is -2.35. The van der Waals surface area contributed by atoms with Gasteiger partial charge in [0.25, 0.3) is 5.91 Å². The molecule has 1 unspecified atom stereocenters. The van der Waals surface area contributed by atoms with E-state index in [1.165, 1.54) is 5.56 Å². The number of halogens is 1. The van der Waals surface area contributed by atoms with Crippen LogP contribution in [0.4, 0.5) is 4.79 Å². The molecule has 0 bridgehead atoms. The van der Waals surface area contributed by atoms with E-state index in [0.717, 1.165) is 46.1 Å². The highest BCUT2D eigenvalue weighted by Crippen LogP contribution is 2.39. The molecule has 0 radical (unpaired) electrons.